The van der Waals surface area contributed by atoms with Crippen LogP contribution >= 0.6 is 15.9 Å². The minimum atomic E-state index is -0.191. The topological polar surface area (TPSA) is 64.0 Å². The lowest BCUT2D eigenvalue weighted by atomic mass is 10.0. The number of nitrogens with zero attached hydrogens (tertiary/aromatic N) is 2. The van der Waals surface area contributed by atoms with Crippen LogP contribution in [0.2, 0.25) is 0 Å². The van der Waals surface area contributed by atoms with E-state index in [0.717, 1.165) is 21.3 Å². The van der Waals surface area contributed by atoms with E-state index in [-0.39, 0.29) is 11.3 Å². The number of nitrogens with one attached hydrogen (secondary N) is 1. The fourth-order valence-electron chi connectivity index (χ4n) is 2.93. The lowest BCUT2D eigenvalue weighted by molar-refractivity contribution is -0.116. The Kier molecular flexibility index (Phi) is 6.09. The minimum Gasteiger partial charge on any atom is -0.310 e. The number of aryl methyl sites for hydroxylation is 2. The Hall–Kier alpha value is -2.73. The lowest BCUT2D eigenvalue weighted by Crippen LogP contribution is -2.24. The van der Waals surface area contributed by atoms with Crippen molar-refractivity contribution in [3.63, 3.8) is 0 Å². The van der Waals surface area contributed by atoms with Gasteiger partial charge >= 0.3 is 0 Å². The fraction of sp³-hybridized carbons (Fsp3) is 0.227. The summed E-state index contributed by atoms with van der Waals surface area (Å²) in [7, 11) is 0. The predicted octanol–water partition coefficient (Wildman–Crippen LogP) is 5.02. The van der Waals surface area contributed by atoms with Crippen LogP contribution in [0.15, 0.2) is 57.8 Å². The third-order valence-corrected chi connectivity index (χ3v) is 4.93. The smallest absolute Gasteiger partial charge is 0.225 e. The van der Waals surface area contributed by atoms with Crippen molar-refractivity contribution in [2.24, 2.45) is 0 Å². The summed E-state index contributed by atoms with van der Waals surface area (Å²) in [4.78, 5) is 25.4. The maximum Gasteiger partial charge on any atom is 0.225 e. The molecule has 0 saturated heterocycles. The van der Waals surface area contributed by atoms with E-state index in [1.54, 1.807) is 11.6 Å². The molecule has 3 aromatic rings. The van der Waals surface area contributed by atoms with Crippen molar-refractivity contribution in [2.75, 3.05) is 5.32 Å². The highest BCUT2D eigenvalue weighted by Crippen LogP contribution is 2.28. The molecule has 2 aromatic carbocycles. The molecular formula is C22H22BrN3O2. The Bertz CT molecular complexity index is 1050. The number of benzene rings is 2. The number of hydrogen-bond donors (Lipinski definition) is 1. The summed E-state index contributed by atoms with van der Waals surface area (Å²) in [6, 6.07) is 15.3. The Morgan fingerprint density at radius 2 is 1.71 bits per heavy atom. The third-order valence-electron chi connectivity index (χ3n) is 4.40. The van der Waals surface area contributed by atoms with Crippen LogP contribution in [0.5, 0.6) is 0 Å². The largest absolute Gasteiger partial charge is 0.310 e. The van der Waals surface area contributed by atoms with Gasteiger partial charge in [0.25, 0.3) is 0 Å². The van der Waals surface area contributed by atoms with Gasteiger partial charge in [-0.1, -0.05) is 52.7 Å². The highest BCUT2D eigenvalue weighted by Gasteiger charge is 2.20. The molecule has 0 spiro atoms. The second kappa shape index (κ2) is 8.52. The lowest BCUT2D eigenvalue weighted by Gasteiger charge is -2.18. The Morgan fingerprint density at radius 1 is 1.07 bits per heavy atom. The first-order valence-electron chi connectivity index (χ1n) is 9.17. The molecule has 5 nitrogen and oxygen atoms in total. The molecule has 0 fully saturated rings. The molecule has 28 heavy (non-hydrogen) atoms. The molecule has 0 aliphatic heterocycles. The second-order valence-electron chi connectivity index (χ2n) is 6.69. The molecule has 6 heteroatoms. The van der Waals surface area contributed by atoms with Crippen molar-refractivity contribution in [1.29, 1.82) is 0 Å². The van der Waals surface area contributed by atoms with E-state index in [4.69, 9.17) is 0 Å². The molecule has 0 radical (unpaired) electrons. The molecular weight excluding hydrogens is 418 g/mol. The first-order valence-corrected chi connectivity index (χ1v) is 9.96. The maximum absolute atomic E-state index is 13.0. The molecule has 0 aliphatic carbocycles. The number of amides is 1. The minimum absolute atomic E-state index is 0.147. The van der Waals surface area contributed by atoms with E-state index in [1.807, 2.05) is 62.4 Å². The maximum atomic E-state index is 13.0. The van der Waals surface area contributed by atoms with E-state index in [0.29, 0.717) is 29.9 Å². The zero-order chi connectivity index (χ0) is 20.3. The predicted molar refractivity (Wildman–Crippen MR) is 116 cm³/mol. The molecule has 1 N–H and O–H groups in total. The van der Waals surface area contributed by atoms with Gasteiger partial charge in [0, 0.05) is 10.9 Å². The standard InChI is InChI=1S/C22H22BrN3O2/c1-4-5-19(27)24-22-20(16-8-6-14(2)7-9-16)21(28)15(3)25-26(22)18-12-10-17(23)11-13-18/h6-13H,4-5H2,1-3H3,(H,24,27). The van der Waals surface area contributed by atoms with E-state index in [2.05, 4.69) is 26.3 Å². The fourth-order valence-corrected chi connectivity index (χ4v) is 3.20. The number of rotatable bonds is 5. The highest BCUT2D eigenvalue weighted by atomic mass is 79.9. The Labute approximate surface area is 172 Å². The van der Waals surface area contributed by atoms with Crippen LogP contribution in [0, 0.1) is 13.8 Å². The highest BCUT2D eigenvalue weighted by molar-refractivity contribution is 9.10. The molecule has 1 heterocycles. The van der Waals surface area contributed by atoms with E-state index < -0.39 is 0 Å². The van der Waals surface area contributed by atoms with Crippen molar-refractivity contribution < 1.29 is 4.79 Å². The number of aromatic nitrogens is 2. The van der Waals surface area contributed by atoms with Crippen LogP contribution in [0.25, 0.3) is 16.8 Å². The van der Waals surface area contributed by atoms with Gasteiger partial charge in [-0.15, -0.1) is 0 Å². The quantitative estimate of drug-likeness (QED) is 0.606. The number of carbonyl (C=O) groups is 1. The van der Waals surface area contributed by atoms with E-state index in [1.165, 1.54) is 0 Å². The van der Waals surface area contributed by atoms with Gasteiger partial charge < -0.3 is 5.32 Å². The monoisotopic (exact) mass is 439 g/mol. The van der Waals surface area contributed by atoms with Gasteiger partial charge in [0.2, 0.25) is 11.3 Å². The molecule has 3 rings (SSSR count). The molecule has 0 saturated carbocycles. The molecule has 144 valence electrons. The zero-order valence-electron chi connectivity index (χ0n) is 16.1. The van der Waals surface area contributed by atoms with Crippen molar-refractivity contribution in [2.45, 2.75) is 33.6 Å². The van der Waals surface area contributed by atoms with Gasteiger partial charge in [-0.25, -0.2) is 4.68 Å². The SMILES string of the molecule is CCCC(=O)Nc1c(-c2ccc(C)cc2)c(=O)c(C)nn1-c1ccc(Br)cc1. The second-order valence-corrected chi connectivity index (χ2v) is 7.61. The van der Waals surface area contributed by atoms with E-state index >= 15 is 0 Å². The van der Waals surface area contributed by atoms with Crippen molar-refractivity contribution >= 4 is 27.7 Å². The summed E-state index contributed by atoms with van der Waals surface area (Å²) in [5, 5.41) is 7.39. The normalized spacial score (nSPS) is 10.7. The summed E-state index contributed by atoms with van der Waals surface area (Å²) in [5.74, 6) is 0.243. The Morgan fingerprint density at radius 3 is 2.32 bits per heavy atom. The number of hydrogen-bond acceptors (Lipinski definition) is 3. The molecule has 1 aromatic heterocycles. The summed E-state index contributed by atoms with van der Waals surface area (Å²) in [6.07, 6.45) is 1.09. The van der Waals surface area contributed by atoms with Crippen LogP contribution in [0.3, 0.4) is 0 Å². The molecule has 0 unspecified atom stereocenters. The summed E-state index contributed by atoms with van der Waals surface area (Å²) in [6.45, 7) is 5.62. The van der Waals surface area contributed by atoms with Crippen molar-refractivity contribution in [1.82, 2.24) is 9.78 Å². The van der Waals surface area contributed by atoms with Crippen LogP contribution < -0.4 is 10.7 Å². The Balaban J connectivity index is 2.29. The van der Waals surface area contributed by atoms with Crippen LogP contribution in [-0.4, -0.2) is 15.7 Å². The van der Waals surface area contributed by atoms with Gasteiger partial charge in [-0.05, 0) is 50.1 Å². The number of halogens is 1. The molecule has 0 atom stereocenters. The van der Waals surface area contributed by atoms with Gasteiger partial charge in [0.15, 0.2) is 0 Å². The number of carbonyl (C=O) groups excluding carboxylic acids is 1. The summed E-state index contributed by atoms with van der Waals surface area (Å²) in [5.41, 5.74) is 3.22. The number of anilines is 1. The first-order chi connectivity index (χ1) is 13.4. The van der Waals surface area contributed by atoms with Crippen molar-refractivity contribution in [3.8, 4) is 16.8 Å². The van der Waals surface area contributed by atoms with Crippen LogP contribution in [-0.2, 0) is 4.79 Å². The average molecular weight is 440 g/mol. The average Bonchev–Trinajstić information content (AvgIpc) is 2.67. The summed E-state index contributed by atoms with van der Waals surface area (Å²) < 4.78 is 2.57. The summed E-state index contributed by atoms with van der Waals surface area (Å²) >= 11 is 3.43. The van der Waals surface area contributed by atoms with Crippen LogP contribution in [0.4, 0.5) is 5.82 Å². The van der Waals surface area contributed by atoms with Crippen LogP contribution in [0.1, 0.15) is 31.0 Å². The molecule has 0 bridgehead atoms. The first kappa shape index (κ1) is 20.0. The zero-order valence-corrected chi connectivity index (χ0v) is 17.7. The van der Waals surface area contributed by atoms with E-state index in [9.17, 15) is 9.59 Å². The van der Waals surface area contributed by atoms with Gasteiger partial charge in [0.1, 0.15) is 11.5 Å². The molecule has 0 aliphatic rings. The third kappa shape index (κ3) is 4.22. The van der Waals surface area contributed by atoms with Gasteiger partial charge in [-0.2, -0.15) is 5.10 Å². The van der Waals surface area contributed by atoms with Crippen molar-refractivity contribution in [3.05, 3.63) is 74.5 Å². The van der Waals surface area contributed by atoms with Gasteiger partial charge in [0.05, 0.1) is 11.3 Å². The molecule has 1 amide bonds. The van der Waals surface area contributed by atoms with Gasteiger partial charge in [-0.3, -0.25) is 9.59 Å².